The molecule has 1 saturated carbocycles. The van der Waals surface area contributed by atoms with E-state index in [4.69, 9.17) is 0 Å². The number of alkyl halides is 3. The van der Waals surface area contributed by atoms with Crippen LogP contribution in [-0.2, 0) is 16.2 Å². The summed E-state index contributed by atoms with van der Waals surface area (Å²) in [6.45, 7) is 1.70. The maximum Gasteiger partial charge on any atom is 0.416 e. The Bertz CT molecular complexity index is 1050. The fourth-order valence-electron chi connectivity index (χ4n) is 3.34. The van der Waals surface area contributed by atoms with Crippen molar-refractivity contribution in [3.05, 3.63) is 59.7 Å². The molecule has 30 heavy (non-hydrogen) atoms. The summed E-state index contributed by atoms with van der Waals surface area (Å²) in [7, 11) is -1.11. The quantitative estimate of drug-likeness (QED) is 0.669. The topological polar surface area (TPSA) is 57.7 Å². The van der Waals surface area contributed by atoms with Crippen molar-refractivity contribution in [2.75, 3.05) is 18.4 Å². The number of anilines is 1. The van der Waals surface area contributed by atoms with Crippen molar-refractivity contribution in [1.29, 1.82) is 0 Å². The first kappa shape index (κ1) is 22.1. The van der Waals surface area contributed by atoms with Crippen LogP contribution in [0.1, 0.15) is 35.7 Å². The number of benzene rings is 2. The molecular weight excluding hydrogens is 417 g/mol. The van der Waals surface area contributed by atoms with Gasteiger partial charge >= 0.3 is 6.18 Å². The SMILES string of the molecule is C[C@@H](C1CC1)N(c1cccc(C(F)(F)F)c1)S(=O)(=O)c1cccc(C(=O)N(C)C)c1. The smallest absolute Gasteiger partial charge is 0.345 e. The van der Waals surface area contributed by atoms with Gasteiger partial charge in [-0.25, -0.2) is 8.42 Å². The monoisotopic (exact) mass is 440 g/mol. The van der Waals surface area contributed by atoms with Crippen molar-refractivity contribution < 1.29 is 26.4 Å². The zero-order valence-electron chi connectivity index (χ0n) is 16.8. The van der Waals surface area contributed by atoms with Gasteiger partial charge < -0.3 is 4.90 Å². The van der Waals surface area contributed by atoms with Crippen molar-refractivity contribution >= 4 is 21.6 Å². The van der Waals surface area contributed by atoms with Crippen LogP contribution in [0.5, 0.6) is 0 Å². The Morgan fingerprint density at radius 2 is 1.70 bits per heavy atom. The van der Waals surface area contributed by atoms with E-state index in [2.05, 4.69) is 0 Å². The highest BCUT2D eigenvalue weighted by atomic mass is 32.2. The maximum atomic E-state index is 13.5. The van der Waals surface area contributed by atoms with Crippen molar-refractivity contribution in [1.82, 2.24) is 4.90 Å². The third kappa shape index (κ3) is 4.45. The largest absolute Gasteiger partial charge is 0.416 e. The van der Waals surface area contributed by atoms with Crippen LogP contribution in [0, 0.1) is 5.92 Å². The van der Waals surface area contributed by atoms with Gasteiger partial charge in [0.15, 0.2) is 0 Å². The molecule has 2 aromatic carbocycles. The number of hydrogen-bond donors (Lipinski definition) is 0. The standard InChI is InChI=1S/C21H23F3N2O3S/c1-14(15-10-11-15)26(18-8-5-7-17(13-18)21(22,23)24)30(28,29)19-9-4-6-16(12-19)20(27)25(2)3/h4-9,12-15H,10-11H2,1-3H3/t14-/m0/s1. The van der Waals surface area contributed by atoms with E-state index in [0.717, 1.165) is 29.3 Å². The number of hydrogen-bond acceptors (Lipinski definition) is 3. The third-order valence-electron chi connectivity index (χ3n) is 5.15. The Labute approximate surface area is 174 Å². The highest BCUT2D eigenvalue weighted by Crippen LogP contribution is 2.41. The molecule has 0 saturated heterocycles. The molecule has 1 atom stereocenters. The molecular formula is C21H23F3N2O3S. The van der Waals surface area contributed by atoms with Crippen LogP contribution < -0.4 is 4.31 Å². The van der Waals surface area contributed by atoms with E-state index in [1.54, 1.807) is 21.0 Å². The molecule has 2 aromatic rings. The second-order valence-electron chi connectivity index (χ2n) is 7.65. The Balaban J connectivity index is 2.11. The normalized spacial score (nSPS) is 15.5. The molecule has 1 amide bonds. The van der Waals surface area contributed by atoms with Gasteiger partial charge in [0.2, 0.25) is 0 Å². The highest BCUT2D eigenvalue weighted by molar-refractivity contribution is 7.92. The molecule has 3 rings (SSSR count). The van der Waals surface area contributed by atoms with Crippen LogP contribution in [0.4, 0.5) is 18.9 Å². The summed E-state index contributed by atoms with van der Waals surface area (Å²) in [6.07, 6.45) is -2.97. The molecule has 0 aliphatic heterocycles. The Morgan fingerprint density at radius 1 is 1.07 bits per heavy atom. The fourth-order valence-corrected chi connectivity index (χ4v) is 5.10. The summed E-state index contributed by atoms with van der Waals surface area (Å²) in [4.78, 5) is 13.4. The van der Waals surface area contributed by atoms with Crippen molar-refractivity contribution in [2.24, 2.45) is 5.92 Å². The molecule has 1 fully saturated rings. The first-order valence-electron chi connectivity index (χ1n) is 9.46. The molecule has 0 spiro atoms. The summed E-state index contributed by atoms with van der Waals surface area (Å²) in [6, 6.07) is 9.37. The molecule has 1 aliphatic rings. The van der Waals surface area contributed by atoms with Gasteiger partial charge in [0.1, 0.15) is 0 Å². The second kappa shape index (κ2) is 7.94. The molecule has 5 nitrogen and oxygen atoms in total. The Kier molecular flexibility index (Phi) is 5.86. The minimum atomic E-state index is -4.59. The minimum absolute atomic E-state index is 0.0476. The molecule has 0 bridgehead atoms. The van der Waals surface area contributed by atoms with Crippen molar-refractivity contribution in [2.45, 2.75) is 36.9 Å². The zero-order chi connectivity index (χ0) is 22.3. The predicted molar refractivity (Wildman–Crippen MR) is 108 cm³/mol. The Morgan fingerprint density at radius 3 is 2.27 bits per heavy atom. The number of carbonyl (C=O) groups is 1. The van der Waals surface area contributed by atoms with Gasteiger partial charge in [-0.2, -0.15) is 13.2 Å². The number of sulfonamides is 1. The summed E-state index contributed by atoms with van der Waals surface area (Å²) < 4.78 is 67.8. The summed E-state index contributed by atoms with van der Waals surface area (Å²) in [5.74, 6) is -0.297. The minimum Gasteiger partial charge on any atom is -0.345 e. The lowest BCUT2D eigenvalue weighted by Crippen LogP contribution is -2.40. The van der Waals surface area contributed by atoms with E-state index in [1.807, 2.05) is 0 Å². The number of rotatable bonds is 6. The predicted octanol–water partition coefficient (Wildman–Crippen LogP) is 4.40. The fraction of sp³-hybridized carbons (Fsp3) is 0.381. The van der Waals surface area contributed by atoms with Crippen molar-refractivity contribution in [3.63, 3.8) is 0 Å². The number of amides is 1. The molecule has 0 radical (unpaired) electrons. The molecule has 9 heteroatoms. The lowest BCUT2D eigenvalue weighted by molar-refractivity contribution is -0.137. The van der Waals surface area contributed by atoms with Gasteiger partial charge in [0.25, 0.3) is 15.9 Å². The number of carbonyl (C=O) groups excluding carboxylic acids is 1. The van der Waals surface area contributed by atoms with Gasteiger partial charge in [0.05, 0.1) is 16.1 Å². The van der Waals surface area contributed by atoms with E-state index in [-0.39, 0.29) is 28.0 Å². The maximum absolute atomic E-state index is 13.5. The second-order valence-corrected chi connectivity index (χ2v) is 9.47. The zero-order valence-corrected chi connectivity index (χ0v) is 17.7. The van der Waals surface area contributed by atoms with Gasteiger partial charge in [0, 0.05) is 25.7 Å². The Hall–Kier alpha value is -2.55. The lowest BCUT2D eigenvalue weighted by Gasteiger charge is -2.31. The van der Waals surface area contributed by atoms with Crippen LogP contribution in [0.3, 0.4) is 0 Å². The molecule has 162 valence electrons. The average Bonchev–Trinajstić information content (AvgIpc) is 3.52. The summed E-state index contributed by atoms with van der Waals surface area (Å²) >= 11 is 0. The summed E-state index contributed by atoms with van der Waals surface area (Å²) in [5.41, 5.74) is -0.780. The van der Waals surface area contributed by atoms with Crippen molar-refractivity contribution in [3.8, 4) is 0 Å². The molecule has 0 N–H and O–H groups in total. The number of nitrogens with zero attached hydrogens (tertiary/aromatic N) is 2. The summed E-state index contributed by atoms with van der Waals surface area (Å²) in [5, 5.41) is 0. The van der Waals surface area contributed by atoms with Crippen LogP contribution >= 0.6 is 0 Å². The van der Waals surface area contributed by atoms with Gasteiger partial charge in [-0.1, -0.05) is 12.1 Å². The van der Waals surface area contributed by atoms with E-state index >= 15 is 0 Å². The third-order valence-corrected chi connectivity index (χ3v) is 7.06. The molecule has 0 heterocycles. The highest BCUT2D eigenvalue weighted by Gasteiger charge is 2.40. The average molecular weight is 440 g/mol. The van der Waals surface area contributed by atoms with Gasteiger partial charge in [-0.05, 0) is 62.1 Å². The van der Waals surface area contributed by atoms with Crippen LogP contribution in [-0.4, -0.2) is 39.4 Å². The molecule has 0 unspecified atom stereocenters. The van der Waals surface area contributed by atoms with Crippen LogP contribution in [0.2, 0.25) is 0 Å². The van der Waals surface area contributed by atoms with Crippen LogP contribution in [0.25, 0.3) is 0 Å². The molecule has 0 aromatic heterocycles. The number of halogens is 3. The molecule has 1 aliphatic carbocycles. The first-order chi connectivity index (χ1) is 13.9. The van der Waals surface area contributed by atoms with E-state index in [9.17, 15) is 26.4 Å². The van der Waals surface area contributed by atoms with E-state index in [1.165, 1.54) is 41.3 Å². The van der Waals surface area contributed by atoms with E-state index in [0.29, 0.717) is 0 Å². The van der Waals surface area contributed by atoms with E-state index < -0.39 is 27.8 Å². The van der Waals surface area contributed by atoms with Gasteiger partial charge in [-0.3, -0.25) is 9.10 Å². The first-order valence-corrected chi connectivity index (χ1v) is 10.9. The van der Waals surface area contributed by atoms with Gasteiger partial charge in [-0.15, -0.1) is 0 Å². The lowest BCUT2D eigenvalue weighted by atomic mass is 10.1. The van der Waals surface area contributed by atoms with Crippen LogP contribution in [0.15, 0.2) is 53.4 Å².